The second-order valence-corrected chi connectivity index (χ2v) is 4.48. The summed E-state index contributed by atoms with van der Waals surface area (Å²) in [6, 6.07) is 7.26. The summed E-state index contributed by atoms with van der Waals surface area (Å²) in [5.41, 5.74) is 1.05. The van der Waals surface area contributed by atoms with Crippen molar-refractivity contribution in [1.29, 1.82) is 0 Å². The molecule has 4 nitrogen and oxygen atoms in total. The van der Waals surface area contributed by atoms with Crippen LogP contribution in [0.3, 0.4) is 0 Å². The number of hydrogen-bond acceptors (Lipinski definition) is 3. The lowest BCUT2D eigenvalue weighted by Gasteiger charge is -2.07. The monoisotopic (exact) mass is 293 g/mol. The fourth-order valence-electron chi connectivity index (χ4n) is 1.62. The minimum absolute atomic E-state index is 0.0278. The Morgan fingerprint density at radius 3 is 2.80 bits per heavy atom. The van der Waals surface area contributed by atoms with Gasteiger partial charge in [0.05, 0.1) is 17.6 Å². The van der Waals surface area contributed by atoms with Crippen molar-refractivity contribution in [2.45, 2.75) is 6.92 Å². The second-order valence-electron chi connectivity index (χ2n) is 4.04. The van der Waals surface area contributed by atoms with Crippen molar-refractivity contribution in [2.75, 3.05) is 17.2 Å². The van der Waals surface area contributed by atoms with Gasteiger partial charge < -0.3 is 10.6 Å². The number of hydrogen-bond donors (Lipinski definition) is 2. The summed E-state index contributed by atoms with van der Waals surface area (Å²) in [7, 11) is 0. The average Bonchev–Trinajstić information content (AvgIpc) is 2.44. The third kappa shape index (κ3) is 3.45. The first-order valence-corrected chi connectivity index (χ1v) is 6.44. The maximum absolute atomic E-state index is 13.5. The Labute approximate surface area is 121 Å². The Bertz CT molecular complexity index is 616. The topological polar surface area (TPSA) is 54.0 Å². The third-order valence-corrected chi connectivity index (χ3v) is 2.79. The molecular formula is C14H13ClFN3O. The lowest BCUT2D eigenvalue weighted by atomic mass is 10.2. The van der Waals surface area contributed by atoms with Crippen LogP contribution in [0.5, 0.6) is 0 Å². The largest absolute Gasteiger partial charge is 0.384 e. The van der Waals surface area contributed by atoms with Crippen LogP contribution in [0.15, 0.2) is 36.5 Å². The Hall–Kier alpha value is -2.14. The number of aromatic nitrogens is 1. The van der Waals surface area contributed by atoms with Gasteiger partial charge in [-0.15, -0.1) is 0 Å². The average molecular weight is 294 g/mol. The molecule has 2 aromatic rings. The maximum atomic E-state index is 13.5. The fourth-order valence-corrected chi connectivity index (χ4v) is 1.79. The van der Waals surface area contributed by atoms with Crippen LogP contribution < -0.4 is 10.6 Å². The smallest absolute Gasteiger partial charge is 0.274 e. The van der Waals surface area contributed by atoms with E-state index in [-0.39, 0.29) is 11.4 Å². The van der Waals surface area contributed by atoms with E-state index in [2.05, 4.69) is 15.6 Å². The second kappa shape index (κ2) is 6.34. The summed E-state index contributed by atoms with van der Waals surface area (Å²) in [4.78, 5) is 16.0. The minimum Gasteiger partial charge on any atom is -0.384 e. The van der Waals surface area contributed by atoms with Gasteiger partial charge in [0.25, 0.3) is 5.91 Å². The van der Waals surface area contributed by atoms with Crippen molar-refractivity contribution in [3.63, 3.8) is 0 Å². The number of amides is 1. The van der Waals surface area contributed by atoms with Gasteiger partial charge in [0.2, 0.25) is 0 Å². The molecule has 104 valence electrons. The van der Waals surface area contributed by atoms with Crippen LogP contribution in [-0.2, 0) is 0 Å². The van der Waals surface area contributed by atoms with E-state index in [4.69, 9.17) is 11.6 Å². The van der Waals surface area contributed by atoms with Crippen molar-refractivity contribution >= 4 is 28.9 Å². The van der Waals surface area contributed by atoms with Crippen molar-refractivity contribution < 1.29 is 9.18 Å². The van der Waals surface area contributed by atoms with Crippen LogP contribution in [-0.4, -0.2) is 17.4 Å². The summed E-state index contributed by atoms with van der Waals surface area (Å²) >= 11 is 5.76. The summed E-state index contributed by atoms with van der Waals surface area (Å²) in [5, 5.41) is 5.85. The highest BCUT2D eigenvalue weighted by atomic mass is 35.5. The van der Waals surface area contributed by atoms with Crippen molar-refractivity contribution in [3.8, 4) is 0 Å². The molecule has 0 aliphatic carbocycles. The Morgan fingerprint density at radius 2 is 2.15 bits per heavy atom. The van der Waals surface area contributed by atoms with Crippen molar-refractivity contribution in [1.82, 2.24) is 4.98 Å². The predicted octanol–water partition coefficient (Wildman–Crippen LogP) is 3.56. The van der Waals surface area contributed by atoms with Crippen LogP contribution in [0.4, 0.5) is 15.8 Å². The van der Waals surface area contributed by atoms with Gasteiger partial charge in [-0.25, -0.2) is 9.37 Å². The first-order valence-electron chi connectivity index (χ1n) is 6.06. The van der Waals surface area contributed by atoms with E-state index in [0.717, 1.165) is 12.2 Å². The third-order valence-electron chi connectivity index (χ3n) is 2.55. The van der Waals surface area contributed by atoms with Gasteiger partial charge in [0.15, 0.2) is 0 Å². The molecule has 0 unspecified atom stereocenters. The normalized spacial score (nSPS) is 10.2. The van der Waals surface area contributed by atoms with E-state index >= 15 is 0 Å². The molecule has 1 amide bonds. The van der Waals surface area contributed by atoms with E-state index in [1.54, 1.807) is 18.3 Å². The van der Waals surface area contributed by atoms with Crippen molar-refractivity contribution in [3.05, 3.63) is 53.1 Å². The Kier molecular flexibility index (Phi) is 4.53. The van der Waals surface area contributed by atoms with Crippen LogP contribution in [0.1, 0.15) is 17.4 Å². The maximum Gasteiger partial charge on any atom is 0.274 e. The molecule has 0 atom stereocenters. The molecule has 0 radical (unpaired) electrons. The Morgan fingerprint density at radius 1 is 1.35 bits per heavy atom. The molecule has 0 aliphatic heterocycles. The van der Waals surface area contributed by atoms with E-state index in [1.165, 1.54) is 18.2 Å². The summed E-state index contributed by atoms with van der Waals surface area (Å²) in [5.74, 6) is -1.04. The van der Waals surface area contributed by atoms with Crippen LogP contribution >= 0.6 is 11.6 Å². The lowest BCUT2D eigenvalue weighted by Crippen LogP contribution is -2.14. The number of anilines is 2. The molecule has 1 aromatic carbocycles. The first-order chi connectivity index (χ1) is 9.60. The van der Waals surface area contributed by atoms with Crippen LogP contribution in [0, 0.1) is 5.82 Å². The standard InChI is InChI=1S/C14H13ClFN3O/c1-2-17-10-4-6-12(18-8-10)14(20)19-13-7-9(15)3-5-11(13)16/h3-8,17H,2H2,1H3,(H,19,20). The zero-order chi connectivity index (χ0) is 14.5. The molecule has 2 rings (SSSR count). The number of pyridine rings is 1. The highest BCUT2D eigenvalue weighted by Gasteiger charge is 2.11. The molecule has 0 saturated carbocycles. The van der Waals surface area contributed by atoms with Gasteiger partial charge in [-0.05, 0) is 37.3 Å². The molecule has 1 aromatic heterocycles. The molecule has 2 N–H and O–H groups in total. The lowest BCUT2D eigenvalue weighted by molar-refractivity contribution is 0.102. The summed E-state index contributed by atoms with van der Waals surface area (Å²) in [6.45, 7) is 2.73. The number of benzene rings is 1. The van der Waals surface area contributed by atoms with Gasteiger partial charge in [-0.1, -0.05) is 11.6 Å². The highest BCUT2D eigenvalue weighted by molar-refractivity contribution is 6.31. The minimum atomic E-state index is -0.549. The summed E-state index contributed by atoms with van der Waals surface area (Å²) < 4.78 is 13.5. The van der Waals surface area contributed by atoms with Gasteiger partial charge in [0, 0.05) is 11.6 Å². The number of nitrogens with one attached hydrogen (secondary N) is 2. The first kappa shape index (κ1) is 14.3. The molecule has 6 heteroatoms. The molecule has 0 fully saturated rings. The number of carbonyl (C=O) groups excluding carboxylic acids is 1. The van der Waals surface area contributed by atoms with Crippen LogP contribution in [0.25, 0.3) is 0 Å². The number of nitrogens with zero attached hydrogens (tertiary/aromatic N) is 1. The quantitative estimate of drug-likeness (QED) is 0.906. The predicted molar refractivity (Wildman–Crippen MR) is 77.8 cm³/mol. The van der Waals surface area contributed by atoms with Gasteiger partial charge in [-0.2, -0.15) is 0 Å². The van der Waals surface area contributed by atoms with Crippen LogP contribution in [0.2, 0.25) is 5.02 Å². The van der Waals surface area contributed by atoms with Gasteiger partial charge in [0.1, 0.15) is 11.5 Å². The van der Waals surface area contributed by atoms with E-state index < -0.39 is 11.7 Å². The zero-order valence-electron chi connectivity index (χ0n) is 10.8. The van der Waals surface area contributed by atoms with E-state index in [0.29, 0.717) is 5.02 Å². The molecular weight excluding hydrogens is 281 g/mol. The molecule has 0 aliphatic rings. The van der Waals surface area contributed by atoms with E-state index in [1.807, 2.05) is 6.92 Å². The number of rotatable bonds is 4. The molecule has 1 heterocycles. The molecule has 0 saturated heterocycles. The molecule has 0 spiro atoms. The zero-order valence-corrected chi connectivity index (χ0v) is 11.5. The number of halogens is 2. The Balaban J connectivity index is 2.13. The van der Waals surface area contributed by atoms with Gasteiger partial charge >= 0.3 is 0 Å². The highest BCUT2D eigenvalue weighted by Crippen LogP contribution is 2.20. The van der Waals surface area contributed by atoms with Crippen molar-refractivity contribution in [2.24, 2.45) is 0 Å². The molecule has 0 bridgehead atoms. The number of carbonyl (C=O) groups is 1. The van der Waals surface area contributed by atoms with Gasteiger partial charge in [-0.3, -0.25) is 4.79 Å². The van der Waals surface area contributed by atoms with E-state index in [9.17, 15) is 9.18 Å². The summed E-state index contributed by atoms with van der Waals surface area (Å²) in [6.07, 6.45) is 1.55. The SMILES string of the molecule is CCNc1ccc(C(=O)Nc2cc(Cl)ccc2F)nc1. The molecule has 20 heavy (non-hydrogen) atoms. The fraction of sp³-hybridized carbons (Fsp3) is 0.143.